The van der Waals surface area contributed by atoms with Gasteiger partial charge in [-0.1, -0.05) is 86.2 Å². The van der Waals surface area contributed by atoms with E-state index >= 15 is 0 Å². The number of rotatable bonds is 11. The van der Waals surface area contributed by atoms with Crippen LogP contribution in [0.15, 0.2) is 102 Å². The molecule has 0 fully saturated rings. The molecular formula is C29H34N2O3S. The lowest BCUT2D eigenvalue weighted by Crippen LogP contribution is -2.57. The molecule has 0 spiro atoms. The van der Waals surface area contributed by atoms with E-state index in [0.29, 0.717) is 19.4 Å². The fourth-order valence-electron chi connectivity index (χ4n) is 4.27. The Hall–Kier alpha value is -3.22. The summed E-state index contributed by atoms with van der Waals surface area (Å²) in [4.78, 5) is 16.0. The first kappa shape index (κ1) is 26.4. The summed E-state index contributed by atoms with van der Waals surface area (Å²) in [5, 5.41) is 0. The van der Waals surface area contributed by atoms with Crippen molar-refractivity contribution in [2.45, 2.75) is 50.6 Å². The fourth-order valence-corrected chi connectivity index (χ4v) is 5.82. The zero-order valence-electron chi connectivity index (χ0n) is 20.6. The molecule has 0 saturated heterocycles. The van der Waals surface area contributed by atoms with E-state index in [4.69, 9.17) is 0 Å². The highest BCUT2D eigenvalue weighted by atomic mass is 32.2. The molecule has 5 nitrogen and oxygen atoms in total. The predicted octanol–water partition coefficient (Wildman–Crippen LogP) is 5.87. The van der Waals surface area contributed by atoms with Gasteiger partial charge in [0.15, 0.2) is 0 Å². The molecule has 0 saturated carbocycles. The topological polar surface area (TPSA) is 66.5 Å². The zero-order valence-corrected chi connectivity index (χ0v) is 21.5. The number of hydrogen-bond acceptors (Lipinski definition) is 3. The number of sulfonamides is 1. The number of anilines is 1. The Morgan fingerprint density at radius 1 is 1.00 bits per heavy atom. The van der Waals surface area contributed by atoms with Gasteiger partial charge in [-0.25, -0.2) is 13.1 Å². The van der Waals surface area contributed by atoms with Gasteiger partial charge < -0.3 is 4.90 Å². The average Bonchev–Trinajstić information content (AvgIpc) is 2.87. The quantitative estimate of drug-likeness (QED) is 0.342. The molecule has 0 aromatic heterocycles. The predicted molar refractivity (Wildman–Crippen MR) is 143 cm³/mol. The summed E-state index contributed by atoms with van der Waals surface area (Å²) >= 11 is 0. The zero-order chi connectivity index (χ0) is 25.5. The van der Waals surface area contributed by atoms with E-state index in [-0.39, 0.29) is 10.8 Å². The SMILES string of the molecule is C=CC[C@@](CC)(NS(=O)(=O)c1ccc(C)cc1)[C@@H](C)C(=O)N(Cc1ccccc1)c1ccccc1. The first-order valence-corrected chi connectivity index (χ1v) is 13.3. The number of nitrogens with one attached hydrogen (secondary N) is 1. The molecule has 0 aliphatic rings. The van der Waals surface area contributed by atoms with Gasteiger partial charge in [-0.05, 0) is 49.6 Å². The molecule has 1 amide bonds. The van der Waals surface area contributed by atoms with E-state index in [2.05, 4.69) is 11.3 Å². The minimum atomic E-state index is -3.87. The first-order chi connectivity index (χ1) is 16.7. The molecule has 0 aliphatic carbocycles. The average molecular weight is 491 g/mol. The Morgan fingerprint density at radius 2 is 1.57 bits per heavy atom. The summed E-state index contributed by atoms with van der Waals surface area (Å²) in [5.41, 5.74) is 1.69. The number of nitrogens with zero attached hydrogens (tertiary/aromatic N) is 1. The van der Waals surface area contributed by atoms with Crippen molar-refractivity contribution in [1.82, 2.24) is 4.72 Å². The molecule has 2 atom stereocenters. The second kappa shape index (κ2) is 11.5. The van der Waals surface area contributed by atoms with Gasteiger partial charge in [0.05, 0.1) is 17.4 Å². The second-order valence-electron chi connectivity index (χ2n) is 8.89. The number of carbonyl (C=O) groups is 1. The lowest BCUT2D eigenvalue weighted by molar-refractivity contribution is -0.124. The Kier molecular flexibility index (Phi) is 8.65. The summed E-state index contributed by atoms with van der Waals surface area (Å²) in [6, 6.07) is 26.0. The van der Waals surface area contributed by atoms with Crippen molar-refractivity contribution in [3.05, 3.63) is 109 Å². The van der Waals surface area contributed by atoms with Gasteiger partial charge in [0.1, 0.15) is 0 Å². The lowest BCUT2D eigenvalue weighted by Gasteiger charge is -2.40. The van der Waals surface area contributed by atoms with Gasteiger partial charge in [0, 0.05) is 11.2 Å². The van der Waals surface area contributed by atoms with Gasteiger partial charge in [-0.2, -0.15) is 0 Å². The molecule has 3 rings (SSSR count). The molecule has 0 heterocycles. The molecule has 1 N–H and O–H groups in total. The summed E-state index contributed by atoms with van der Waals surface area (Å²) in [7, 11) is -3.87. The Labute approximate surface area is 209 Å². The monoisotopic (exact) mass is 490 g/mol. The van der Waals surface area contributed by atoms with E-state index < -0.39 is 21.5 Å². The highest BCUT2D eigenvalue weighted by Crippen LogP contribution is 2.32. The van der Waals surface area contributed by atoms with Crippen LogP contribution in [0.5, 0.6) is 0 Å². The summed E-state index contributed by atoms with van der Waals surface area (Å²) in [5.74, 6) is -0.815. The number of carbonyl (C=O) groups excluding carboxylic acids is 1. The van der Waals surface area contributed by atoms with Crippen molar-refractivity contribution < 1.29 is 13.2 Å². The largest absolute Gasteiger partial charge is 0.308 e. The van der Waals surface area contributed by atoms with Crippen LogP contribution in [-0.2, 0) is 21.4 Å². The van der Waals surface area contributed by atoms with Gasteiger partial charge >= 0.3 is 0 Å². The molecule has 0 bridgehead atoms. The molecule has 0 radical (unpaired) electrons. The van der Waals surface area contributed by atoms with Crippen LogP contribution in [0.1, 0.15) is 37.8 Å². The van der Waals surface area contributed by atoms with Crippen LogP contribution in [0, 0.1) is 12.8 Å². The Balaban J connectivity index is 1.99. The van der Waals surface area contributed by atoms with Gasteiger partial charge in [0.2, 0.25) is 15.9 Å². The van der Waals surface area contributed by atoms with E-state index in [9.17, 15) is 13.2 Å². The summed E-state index contributed by atoms with van der Waals surface area (Å²) in [6.07, 6.45) is 2.41. The van der Waals surface area contributed by atoms with Crippen LogP contribution in [-0.4, -0.2) is 19.9 Å². The molecule has 35 heavy (non-hydrogen) atoms. The van der Waals surface area contributed by atoms with Crippen LogP contribution in [0.2, 0.25) is 0 Å². The minimum absolute atomic E-state index is 0.157. The number of benzene rings is 3. The number of amides is 1. The first-order valence-electron chi connectivity index (χ1n) is 11.8. The van der Waals surface area contributed by atoms with Gasteiger partial charge in [-0.15, -0.1) is 6.58 Å². The molecular weight excluding hydrogens is 456 g/mol. The maximum Gasteiger partial charge on any atom is 0.241 e. The highest BCUT2D eigenvalue weighted by Gasteiger charge is 2.43. The number of para-hydroxylation sites is 1. The van der Waals surface area contributed by atoms with Gasteiger partial charge in [0.25, 0.3) is 0 Å². The van der Waals surface area contributed by atoms with Crippen molar-refractivity contribution in [2.75, 3.05) is 4.90 Å². The summed E-state index contributed by atoms with van der Waals surface area (Å²) < 4.78 is 29.7. The van der Waals surface area contributed by atoms with Crippen molar-refractivity contribution in [3.63, 3.8) is 0 Å². The minimum Gasteiger partial charge on any atom is -0.308 e. The number of hydrogen-bond donors (Lipinski definition) is 1. The lowest BCUT2D eigenvalue weighted by atomic mass is 9.80. The maximum absolute atomic E-state index is 14.1. The van der Waals surface area contributed by atoms with Crippen LogP contribution in [0.4, 0.5) is 5.69 Å². The van der Waals surface area contributed by atoms with Crippen LogP contribution >= 0.6 is 0 Å². The standard InChI is InChI=1S/C29H34N2O3S/c1-5-21-29(6-2,30-35(33,34)27-19-17-23(3)18-20-27)24(4)28(32)31(26-15-11-8-12-16-26)22-25-13-9-7-10-14-25/h5,7-20,24,30H,1,6,21-22H2,2-4H3/t24-,29+/m0/s1. The van der Waals surface area contributed by atoms with Crippen molar-refractivity contribution in [1.29, 1.82) is 0 Å². The molecule has 184 valence electrons. The van der Waals surface area contributed by atoms with Crippen LogP contribution < -0.4 is 9.62 Å². The molecule has 3 aromatic rings. The third-order valence-corrected chi connectivity index (χ3v) is 8.09. The Bertz CT molecular complexity index is 1230. The third-order valence-electron chi connectivity index (χ3n) is 6.53. The van der Waals surface area contributed by atoms with Gasteiger partial charge in [-0.3, -0.25) is 4.79 Å². The maximum atomic E-state index is 14.1. The molecule has 0 aliphatic heterocycles. The van der Waals surface area contributed by atoms with Crippen molar-refractivity contribution in [2.24, 2.45) is 5.92 Å². The molecule has 0 unspecified atom stereocenters. The Morgan fingerprint density at radius 3 is 2.11 bits per heavy atom. The third kappa shape index (κ3) is 6.27. The molecule has 6 heteroatoms. The second-order valence-corrected chi connectivity index (χ2v) is 10.6. The van der Waals surface area contributed by atoms with Crippen LogP contribution in [0.3, 0.4) is 0 Å². The smallest absolute Gasteiger partial charge is 0.241 e. The van der Waals surface area contributed by atoms with E-state index in [0.717, 1.165) is 16.8 Å². The fraction of sp³-hybridized carbons (Fsp3) is 0.276. The van der Waals surface area contributed by atoms with Crippen LogP contribution in [0.25, 0.3) is 0 Å². The van der Waals surface area contributed by atoms with E-state index in [1.54, 1.807) is 42.2 Å². The van der Waals surface area contributed by atoms with Crippen molar-refractivity contribution in [3.8, 4) is 0 Å². The van der Waals surface area contributed by atoms with E-state index in [1.165, 1.54) is 0 Å². The van der Waals surface area contributed by atoms with Crippen molar-refractivity contribution >= 4 is 21.6 Å². The summed E-state index contributed by atoms with van der Waals surface area (Å²) in [6.45, 7) is 9.85. The highest BCUT2D eigenvalue weighted by molar-refractivity contribution is 7.89. The normalized spacial score (nSPS) is 14.0. The number of aryl methyl sites for hydroxylation is 1. The molecule has 3 aromatic carbocycles. The van der Waals surface area contributed by atoms with E-state index in [1.807, 2.05) is 74.5 Å².